The lowest BCUT2D eigenvalue weighted by atomic mass is 10.0. The standard InChI is InChI=1S/C22H25FN2O3S/c23-19-11-9-17(10-12-19)21-8-5-15-25(21)22(26)18-6-4-7-20(16-18)29(27,28)24-13-2-1-3-14-24/h4,6-7,9-12,16,21H,1-3,5,8,13-15H2. The smallest absolute Gasteiger partial charge is 0.254 e. The second-order valence-corrected chi connectivity index (χ2v) is 9.64. The third-order valence-corrected chi connectivity index (χ3v) is 7.70. The van der Waals surface area contributed by atoms with Crippen LogP contribution < -0.4 is 0 Å². The molecule has 2 fully saturated rings. The highest BCUT2D eigenvalue weighted by molar-refractivity contribution is 7.89. The minimum absolute atomic E-state index is 0.120. The molecule has 0 N–H and O–H groups in total. The zero-order valence-corrected chi connectivity index (χ0v) is 17.1. The maximum absolute atomic E-state index is 13.3. The first-order valence-electron chi connectivity index (χ1n) is 10.1. The topological polar surface area (TPSA) is 57.7 Å². The first-order valence-corrected chi connectivity index (χ1v) is 11.6. The Labute approximate surface area is 171 Å². The third-order valence-electron chi connectivity index (χ3n) is 5.80. The van der Waals surface area contributed by atoms with Crippen LogP contribution in [0, 0.1) is 5.82 Å². The Morgan fingerprint density at radius 2 is 1.66 bits per heavy atom. The molecule has 2 aromatic rings. The molecule has 0 spiro atoms. The fraction of sp³-hybridized carbons (Fsp3) is 0.409. The molecule has 0 radical (unpaired) electrons. The summed E-state index contributed by atoms with van der Waals surface area (Å²) in [5.41, 5.74) is 1.27. The molecule has 0 saturated carbocycles. The quantitative estimate of drug-likeness (QED) is 0.758. The van der Waals surface area contributed by atoms with Crippen LogP contribution in [-0.2, 0) is 10.0 Å². The first-order chi connectivity index (χ1) is 14.0. The Kier molecular flexibility index (Phi) is 5.69. The van der Waals surface area contributed by atoms with Gasteiger partial charge in [-0.25, -0.2) is 12.8 Å². The summed E-state index contributed by atoms with van der Waals surface area (Å²) in [5, 5.41) is 0. The summed E-state index contributed by atoms with van der Waals surface area (Å²) < 4.78 is 40.7. The number of benzene rings is 2. The van der Waals surface area contributed by atoms with E-state index >= 15 is 0 Å². The Morgan fingerprint density at radius 3 is 2.38 bits per heavy atom. The van der Waals surface area contributed by atoms with E-state index in [0.717, 1.165) is 37.7 Å². The summed E-state index contributed by atoms with van der Waals surface area (Å²) in [6.07, 6.45) is 4.45. The van der Waals surface area contributed by atoms with E-state index in [9.17, 15) is 17.6 Å². The highest BCUT2D eigenvalue weighted by Crippen LogP contribution is 2.33. The van der Waals surface area contributed by atoms with Crippen LogP contribution in [0.3, 0.4) is 0 Å². The van der Waals surface area contributed by atoms with Crippen molar-refractivity contribution in [2.24, 2.45) is 0 Å². The summed E-state index contributed by atoms with van der Waals surface area (Å²) in [6, 6.07) is 12.5. The van der Waals surface area contributed by atoms with E-state index in [1.165, 1.54) is 22.5 Å². The molecular formula is C22H25FN2O3S. The third kappa shape index (κ3) is 4.07. The predicted octanol–water partition coefficient (Wildman–Crippen LogP) is 3.98. The van der Waals surface area contributed by atoms with Gasteiger partial charge in [-0.3, -0.25) is 4.79 Å². The normalized spacial score (nSPS) is 20.7. The lowest BCUT2D eigenvalue weighted by Crippen LogP contribution is -2.36. The SMILES string of the molecule is O=C(c1cccc(S(=O)(=O)N2CCCCC2)c1)N1CCCC1c1ccc(F)cc1. The zero-order chi connectivity index (χ0) is 20.4. The monoisotopic (exact) mass is 416 g/mol. The molecule has 2 aromatic carbocycles. The summed E-state index contributed by atoms with van der Waals surface area (Å²) >= 11 is 0. The van der Waals surface area contributed by atoms with Gasteiger partial charge in [-0.1, -0.05) is 24.6 Å². The van der Waals surface area contributed by atoms with Crippen molar-refractivity contribution in [3.05, 3.63) is 65.5 Å². The molecule has 0 aliphatic carbocycles. The minimum Gasteiger partial charge on any atom is -0.332 e. The van der Waals surface area contributed by atoms with Gasteiger partial charge in [0, 0.05) is 25.2 Å². The zero-order valence-electron chi connectivity index (χ0n) is 16.3. The number of nitrogens with zero attached hydrogens (tertiary/aromatic N) is 2. The number of carbonyl (C=O) groups excluding carboxylic acids is 1. The highest BCUT2D eigenvalue weighted by atomic mass is 32.2. The number of hydrogen-bond donors (Lipinski definition) is 0. The van der Waals surface area contributed by atoms with E-state index < -0.39 is 10.0 Å². The number of piperidine rings is 1. The molecule has 4 rings (SSSR count). The number of halogens is 1. The van der Waals surface area contributed by atoms with Crippen LogP contribution in [0.15, 0.2) is 53.4 Å². The molecule has 5 nitrogen and oxygen atoms in total. The Morgan fingerprint density at radius 1 is 0.931 bits per heavy atom. The fourth-order valence-electron chi connectivity index (χ4n) is 4.25. The van der Waals surface area contributed by atoms with Gasteiger partial charge in [0.15, 0.2) is 0 Å². The summed E-state index contributed by atoms with van der Waals surface area (Å²) in [6.45, 7) is 1.66. The number of rotatable bonds is 4. The van der Waals surface area contributed by atoms with Crippen molar-refractivity contribution in [1.29, 1.82) is 0 Å². The Hall–Kier alpha value is -2.25. The maximum Gasteiger partial charge on any atom is 0.254 e. The molecule has 2 saturated heterocycles. The molecule has 0 bridgehead atoms. The molecule has 1 unspecified atom stereocenters. The van der Waals surface area contributed by atoms with E-state index in [0.29, 0.717) is 25.2 Å². The van der Waals surface area contributed by atoms with Crippen molar-refractivity contribution in [2.45, 2.75) is 43.0 Å². The van der Waals surface area contributed by atoms with E-state index in [1.807, 2.05) is 0 Å². The van der Waals surface area contributed by atoms with Crippen LogP contribution in [0.4, 0.5) is 4.39 Å². The van der Waals surface area contributed by atoms with Crippen molar-refractivity contribution in [3.8, 4) is 0 Å². The Bertz CT molecular complexity index is 985. The van der Waals surface area contributed by atoms with Gasteiger partial charge in [0.1, 0.15) is 5.82 Å². The summed E-state index contributed by atoms with van der Waals surface area (Å²) in [7, 11) is -3.59. The molecule has 1 amide bonds. The van der Waals surface area contributed by atoms with E-state index in [1.54, 1.807) is 35.2 Å². The largest absolute Gasteiger partial charge is 0.332 e. The van der Waals surface area contributed by atoms with Gasteiger partial charge in [0.2, 0.25) is 10.0 Å². The average molecular weight is 417 g/mol. The van der Waals surface area contributed by atoms with Crippen molar-refractivity contribution < 1.29 is 17.6 Å². The number of carbonyl (C=O) groups is 1. The average Bonchev–Trinajstić information content (AvgIpc) is 3.24. The van der Waals surface area contributed by atoms with Crippen molar-refractivity contribution in [1.82, 2.24) is 9.21 Å². The van der Waals surface area contributed by atoms with Crippen LogP contribution in [0.2, 0.25) is 0 Å². The van der Waals surface area contributed by atoms with E-state index in [2.05, 4.69) is 0 Å². The number of likely N-dealkylation sites (tertiary alicyclic amines) is 1. The molecule has 1 atom stereocenters. The van der Waals surface area contributed by atoms with Crippen molar-refractivity contribution in [3.63, 3.8) is 0 Å². The van der Waals surface area contributed by atoms with Gasteiger partial charge in [0.05, 0.1) is 10.9 Å². The molecule has 2 aliphatic rings. The molecule has 0 aromatic heterocycles. The van der Waals surface area contributed by atoms with Gasteiger partial charge in [-0.2, -0.15) is 4.31 Å². The molecular weight excluding hydrogens is 391 g/mol. The fourth-order valence-corrected chi connectivity index (χ4v) is 5.81. The lowest BCUT2D eigenvalue weighted by molar-refractivity contribution is 0.0735. The van der Waals surface area contributed by atoms with E-state index in [-0.39, 0.29) is 22.7 Å². The number of hydrogen-bond acceptors (Lipinski definition) is 3. The second-order valence-electron chi connectivity index (χ2n) is 7.70. The van der Waals surface area contributed by atoms with Crippen LogP contribution in [0.1, 0.15) is 54.1 Å². The molecule has 2 heterocycles. The molecule has 7 heteroatoms. The van der Waals surface area contributed by atoms with Crippen molar-refractivity contribution >= 4 is 15.9 Å². The summed E-state index contributed by atoms with van der Waals surface area (Å²) in [4.78, 5) is 15.1. The molecule has 29 heavy (non-hydrogen) atoms. The van der Waals surface area contributed by atoms with Crippen LogP contribution in [-0.4, -0.2) is 43.2 Å². The van der Waals surface area contributed by atoms with E-state index in [4.69, 9.17) is 0 Å². The van der Waals surface area contributed by atoms with Gasteiger partial charge in [0.25, 0.3) is 5.91 Å². The predicted molar refractivity (Wildman–Crippen MR) is 108 cm³/mol. The maximum atomic E-state index is 13.3. The van der Waals surface area contributed by atoms with Gasteiger partial charge < -0.3 is 4.90 Å². The Balaban J connectivity index is 1.59. The van der Waals surface area contributed by atoms with Gasteiger partial charge in [-0.15, -0.1) is 0 Å². The first kappa shape index (κ1) is 20.0. The lowest BCUT2D eigenvalue weighted by Gasteiger charge is -2.27. The highest BCUT2D eigenvalue weighted by Gasteiger charge is 2.32. The van der Waals surface area contributed by atoms with Crippen LogP contribution in [0.25, 0.3) is 0 Å². The van der Waals surface area contributed by atoms with Gasteiger partial charge >= 0.3 is 0 Å². The number of amides is 1. The molecule has 154 valence electrons. The van der Waals surface area contributed by atoms with Gasteiger partial charge in [-0.05, 0) is 61.6 Å². The minimum atomic E-state index is -3.59. The summed E-state index contributed by atoms with van der Waals surface area (Å²) in [5.74, 6) is -0.493. The van der Waals surface area contributed by atoms with Crippen LogP contribution in [0.5, 0.6) is 0 Å². The van der Waals surface area contributed by atoms with Crippen molar-refractivity contribution in [2.75, 3.05) is 19.6 Å². The number of sulfonamides is 1. The second kappa shape index (κ2) is 8.24. The van der Waals surface area contributed by atoms with Crippen LogP contribution >= 0.6 is 0 Å². The molecule has 2 aliphatic heterocycles.